The van der Waals surface area contributed by atoms with Crippen LogP contribution in [0.2, 0.25) is 0 Å². The summed E-state index contributed by atoms with van der Waals surface area (Å²) in [5.41, 5.74) is 0. The van der Waals surface area contributed by atoms with Crippen LogP contribution in [0.25, 0.3) is 0 Å². The van der Waals surface area contributed by atoms with Gasteiger partial charge in [0.2, 0.25) is 0 Å². The van der Waals surface area contributed by atoms with E-state index in [1.54, 1.807) is 11.5 Å². The Bertz CT molecular complexity index is 409. The van der Waals surface area contributed by atoms with Crippen molar-refractivity contribution in [3.63, 3.8) is 0 Å². The van der Waals surface area contributed by atoms with Crippen LogP contribution in [0.5, 0.6) is 5.75 Å². The zero-order valence-corrected chi connectivity index (χ0v) is 10.4. The summed E-state index contributed by atoms with van der Waals surface area (Å²) >= 11 is 6.43. The number of benzene rings is 1. The summed E-state index contributed by atoms with van der Waals surface area (Å²) in [5, 5.41) is 10.7. The van der Waals surface area contributed by atoms with Gasteiger partial charge in [-0.2, -0.15) is 5.26 Å². The van der Waals surface area contributed by atoms with Gasteiger partial charge in [0.25, 0.3) is 0 Å². The van der Waals surface area contributed by atoms with Crippen molar-refractivity contribution in [3.8, 4) is 11.8 Å². The normalized spacial score (nSPS) is 12.0. The van der Waals surface area contributed by atoms with Gasteiger partial charge in [-0.25, -0.2) is 0 Å². The molecule has 0 aromatic heterocycles. The minimum Gasteiger partial charge on any atom is -0.446 e. The fourth-order valence-corrected chi connectivity index (χ4v) is 1.63. The van der Waals surface area contributed by atoms with Crippen molar-refractivity contribution in [2.45, 2.75) is 12.2 Å². The van der Waals surface area contributed by atoms with Crippen molar-refractivity contribution in [2.75, 3.05) is 0 Å². The average Bonchev–Trinajstić information content (AvgIpc) is 2.30. The lowest BCUT2D eigenvalue weighted by molar-refractivity contribution is 0.569. The summed E-state index contributed by atoms with van der Waals surface area (Å²) in [4.78, 5) is 0. The van der Waals surface area contributed by atoms with Crippen molar-refractivity contribution >= 4 is 29.0 Å². The molecule has 82 valence electrons. The molecule has 0 saturated heterocycles. The summed E-state index contributed by atoms with van der Waals surface area (Å²) in [6.45, 7) is 1.83. The zero-order valence-electron chi connectivity index (χ0n) is 8.79. The maximum atomic E-state index is 8.57. The first-order chi connectivity index (χ1) is 7.72. The van der Waals surface area contributed by atoms with E-state index >= 15 is 0 Å². The molecular weight excluding hydrogens is 238 g/mol. The van der Waals surface area contributed by atoms with Crippen LogP contribution >= 0.6 is 24.0 Å². The smallest absolute Gasteiger partial charge is 0.191 e. The number of hydrogen-bond acceptors (Lipinski definition) is 4. The predicted molar refractivity (Wildman–Crippen MR) is 71.5 cm³/mol. The van der Waals surface area contributed by atoms with Crippen molar-refractivity contribution < 1.29 is 4.74 Å². The second-order valence-electron chi connectivity index (χ2n) is 2.94. The molecule has 0 aliphatic heterocycles. The molecule has 0 radical (unpaired) electrons. The molecule has 0 saturated carbocycles. The highest BCUT2D eigenvalue weighted by molar-refractivity contribution is 8.03. The molecule has 0 bridgehead atoms. The van der Waals surface area contributed by atoms with Gasteiger partial charge in [-0.3, -0.25) is 0 Å². The van der Waals surface area contributed by atoms with Crippen LogP contribution in [-0.2, 0) is 0 Å². The van der Waals surface area contributed by atoms with Gasteiger partial charge in [0, 0.05) is 0 Å². The third kappa shape index (κ3) is 4.96. The van der Waals surface area contributed by atoms with Crippen LogP contribution in [-0.4, -0.2) is 10.3 Å². The minimum absolute atomic E-state index is 0.0734. The molecule has 1 atom stereocenters. The summed E-state index contributed by atoms with van der Waals surface area (Å²) in [7, 11) is 0. The molecule has 0 heterocycles. The second-order valence-corrected chi connectivity index (χ2v) is 4.60. The van der Waals surface area contributed by atoms with Gasteiger partial charge in [0.1, 0.15) is 5.75 Å². The predicted octanol–water partition coefficient (Wildman–Crippen LogP) is 3.55. The molecule has 0 aliphatic carbocycles. The third-order valence-corrected chi connectivity index (χ3v) is 2.66. The molecule has 1 aromatic carbocycles. The molecule has 0 fully saturated rings. The molecule has 4 heteroatoms. The zero-order chi connectivity index (χ0) is 11.8. The van der Waals surface area contributed by atoms with E-state index < -0.39 is 0 Å². The molecule has 0 N–H and O–H groups in total. The summed E-state index contributed by atoms with van der Waals surface area (Å²) in [5.74, 6) is 0.718. The lowest BCUT2D eigenvalue weighted by Gasteiger charge is -2.02. The summed E-state index contributed by atoms with van der Waals surface area (Å²) in [6.07, 6.45) is 1.68. The van der Waals surface area contributed by atoms with E-state index in [2.05, 4.69) is 6.07 Å². The Labute approximate surface area is 105 Å². The third-order valence-electron chi connectivity index (χ3n) is 1.63. The van der Waals surface area contributed by atoms with Gasteiger partial charge >= 0.3 is 0 Å². The second kappa shape index (κ2) is 7.04. The highest BCUT2D eigenvalue weighted by Crippen LogP contribution is 2.12. The van der Waals surface area contributed by atoms with Gasteiger partial charge in [0.15, 0.2) is 5.05 Å². The van der Waals surface area contributed by atoms with E-state index in [0.717, 1.165) is 5.75 Å². The standard InChI is InChI=1S/C12H11NOS2/c1-10(9-13)16-8-7-12(15)14-11-5-3-2-4-6-11/h2-8,10H,1H3. The molecule has 1 rings (SSSR count). The number of thiocarbonyl (C=S) groups is 1. The Kier molecular flexibility index (Phi) is 5.62. The maximum Gasteiger partial charge on any atom is 0.191 e. The van der Waals surface area contributed by atoms with E-state index in [9.17, 15) is 0 Å². The molecule has 0 aliphatic rings. The minimum atomic E-state index is -0.0734. The Morgan fingerprint density at radius 1 is 1.50 bits per heavy atom. The first kappa shape index (κ1) is 12.8. The highest BCUT2D eigenvalue weighted by Gasteiger charge is 1.97. The number of thioether (sulfide) groups is 1. The molecule has 16 heavy (non-hydrogen) atoms. The quantitative estimate of drug-likeness (QED) is 0.603. The fourth-order valence-electron chi connectivity index (χ4n) is 0.882. The van der Waals surface area contributed by atoms with Crippen LogP contribution in [0, 0.1) is 11.3 Å². The number of hydrogen-bond donors (Lipinski definition) is 0. The Morgan fingerprint density at radius 2 is 2.19 bits per heavy atom. The molecule has 0 spiro atoms. The first-order valence-corrected chi connectivity index (χ1v) is 6.06. The number of rotatable bonds is 4. The Balaban J connectivity index is 2.40. The lowest BCUT2D eigenvalue weighted by Crippen LogP contribution is -2.00. The number of para-hydroxylation sites is 1. The Hall–Kier alpha value is -1.31. The first-order valence-electron chi connectivity index (χ1n) is 4.71. The van der Waals surface area contributed by atoms with Crippen molar-refractivity contribution in [2.24, 2.45) is 0 Å². The summed E-state index contributed by atoms with van der Waals surface area (Å²) in [6, 6.07) is 11.5. The topological polar surface area (TPSA) is 33.0 Å². The van der Waals surface area contributed by atoms with Gasteiger partial charge in [-0.05, 0) is 42.8 Å². The molecule has 1 aromatic rings. The molecule has 1 unspecified atom stereocenters. The van der Waals surface area contributed by atoms with Gasteiger partial charge in [-0.1, -0.05) is 18.2 Å². The van der Waals surface area contributed by atoms with Crippen molar-refractivity contribution in [1.82, 2.24) is 0 Å². The van der Waals surface area contributed by atoms with Gasteiger partial charge in [0.05, 0.1) is 11.3 Å². The van der Waals surface area contributed by atoms with E-state index in [1.165, 1.54) is 11.8 Å². The highest BCUT2D eigenvalue weighted by atomic mass is 32.2. The monoisotopic (exact) mass is 249 g/mol. The van der Waals surface area contributed by atoms with Crippen LogP contribution in [0.3, 0.4) is 0 Å². The van der Waals surface area contributed by atoms with E-state index in [4.69, 9.17) is 22.2 Å². The fraction of sp³-hybridized carbons (Fsp3) is 0.167. The Morgan fingerprint density at radius 3 is 2.81 bits per heavy atom. The molecule has 0 amide bonds. The van der Waals surface area contributed by atoms with Crippen LogP contribution in [0.1, 0.15) is 6.92 Å². The number of nitrogens with zero attached hydrogens (tertiary/aromatic N) is 1. The van der Waals surface area contributed by atoms with E-state index in [-0.39, 0.29) is 5.25 Å². The van der Waals surface area contributed by atoms with Crippen LogP contribution in [0.4, 0.5) is 0 Å². The van der Waals surface area contributed by atoms with E-state index in [1.807, 2.05) is 37.3 Å². The van der Waals surface area contributed by atoms with Crippen LogP contribution < -0.4 is 4.74 Å². The number of nitriles is 1. The average molecular weight is 249 g/mol. The lowest BCUT2D eigenvalue weighted by atomic mass is 10.3. The molecule has 2 nitrogen and oxygen atoms in total. The van der Waals surface area contributed by atoms with Gasteiger partial charge in [-0.15, -0.1) is 11.8 Å². The van der Waals surface area contributed by atoms with Crippen LogP contribution in [0.15, 0.2) is 41.8 Å². The SMILES string of the molecule is CC(C#N)SC=CC(=S)Oc1ccccc1. The van der Waals surface area contributed by atoms with E-state index in [0.29, 0.717) is 5.05 Å². The van der Waals surface area contributed by atoms with Gasteiger partial charge < -0.3 is 4.74 Å². The largest absolute Gasteiger partial charge is 0.446 e. The molecular formula is C12H11NOS2. The number of ether oxygens (including phenoxy) is 1. The van der Waals surface area contributed by atoms with Crippen molar-refractivity contribution in [3.05, 3.63) is 41.8 Å². The maximum absolute atomic E-state index is 8.57. The summed E-state index contributed by atoms with van der Waals surface area (Å²) < 4.78 is 5.38. The van der Waals surface area contributed by atoms with Crippen molar-refractivity contribution in [1.29, 1.82) is 5.26 Å².